The molecule has 1 aromatic carbocycles. The second-order valence-corrected chi connectivity index (χ2v) is 8.88. The molecule has 0 saturated carbocycles. The molecule has 0 unspecified atom stereocenters. The van der Waals surface area contributed by atoms with Crippen molar-refractivity contribution in [2.75, 3.05) is 18.1 Å². The van der Waals surface area contributed by atoms with Crippen LogP contribution in [0.5, 0.6) is 5.75 Å². The van der Waals surface area contributed by atoms with E-state index in [-0.39, 0.29) is 11.4 Å². The number of nitrogens with one attached hydrogen (secondary N) is 2. The van der Waals surface area contributed by atoms with Gasteiger partial charge >= 0.3 is 0 Å². The van der Waals surface area contributed by atoms with Gasteiger partial charge in [-0.3, -0.25) is 4.79 Å². The summed E-state index contributed by atoms with van der Waals surface area (Å²) in [6.07, 6.45) is 5.61. The van der Waals surface area contributed by atoms with Gasteiger partial charge in [-0.15, -0.1) is 5.10 Å². The highest BCUT2D eigenvalue weighted by atomic mass is 32.2. The van der Waals surface area contributed by atoms with Gasteiger partial charge in [-0.25, -0.2) is 8.42 Å². The second kappa shape index (κ2) is 7.34. The third-order valence-corrected chi connectivity index (χ3v) is 5.61. The van der Waals surface area contributed by atoms with Gasteiger partial charge in [0.05, 0.1) is 23.0 Å². The van der Waals surface area contributed by atoms with Crippen LogP contribution >= 0.6 is 0 Å². The molecular weight excluding hydrogens is 410 g/mol. The molecule has 1 amide bonds. The van der Waals surface area contributed by atoms with E-state index in [0.717, 1.165) is 6.26 Å². The second-order valence-electron chi connectivity index (χ2n) is 6.81. The van der Waals surface area contributed by atoms with E-state index in [9.17, 15) is 13.2 Å². The fourth-order valence-corrected chi connectivity index (χ4v) is 3.59. The van der Waals surface area contributed by atoms with Crippen LogP contribution in [0.25, 0.3) is 11.0 Å². The number of benzene rings is 1. The van der Waals surface area contributed by atoms with E-state index in [0.29, 0.717) is 39.7 Å². The molecule has 3 heterocycles. The van der Waals surface area contributed by atoms with Gasteiger partial charge in [0.2, 0.25) is 0 Å². The number of fused-ring (bicyclic) bond motifs is 1. The first-order valence-corrected chi connectivity index (χ1v) is 10.8. The van der Waals surface area contributed by atoms with Crippen molar-refractivity contribution in [2.45, 2.75) is 6.92 Å². The van der Waals surface area contributed by atoms with Gasteiger partial charge in [-0.05, 0) is 37.3 Å². The minimum Gasteiger partial charge on any atom is -0.461 e. The molecular formula is C19H19N5O5S. The van der Waals surface area contributed by atoms with Crippen LogP contribution in [-0.4, -0.2) is 42.1 Å². The average Bonchev–Trinajstić information content (AvgIpc) is 3.25. The molecule has 1 aliphatic rings. The number of hydrogen-bond donors (Lipinski definition) is 2. The van der Waals surface area contributed by atoms with Crippen molar-refractivity contribution in [3.05, 3.63) is 58.7 Å². The summed E-state index contributed by atoms with van der Waals surface area (Å²) in [6.45, 7) is 1.91. The van der Waals surface area contributed by atoms with Crippen LogP contribution in [-0.2, 0) is 16.9 Å². The molecule has 1 aliphatic heterocycles. The van der Waals surface area contributed by atoms with Crippen LogP contribution in [0.3, 0.4) is 0 Å². The van der Waals surface area contributed by atoms with E-state index >= 15 is 0 Å². The number of carbonyl (C=O) groups is 1. The van der Waals surface area contributed by atoms with E-state index in [1.54, 1.807) is 32.2 Å². The number of carbonyl (C=O) groups excluding carboxylic acids is 1. The summed E-state index contributed by atoms with van der Waals surface area (Å²) in [4.78, 5) is 14.3. The van der Waals surface area contributed by atoms with Crippen LogP contribution in [0.1, 0.15) is 16.1 Å². The number of nitrogens with zero attached hydrogens (tertiary/aromatic N) is 3. The van der Waals surface area contributed by atoms with Crippen molar-refractivity contribution in [2.24, 2.45) is 7.05 Å². The summed E-state index contributed by atoms with van der Waals surface area (Å²) in [5.41, 5.74) is 0.791. The molecule has 0 radical (unpaired) electrons. The number of dihydropyridines is 1. The summed E-state index contributed by atoms with van der Waals surface area (Å²) in [5, 5.41) is 14.2. The lowest BCUT2D eigenvalue weighted by atomic mass is 10.1. The molecule has 10 nitrogen and oxygen atoms in total. The number of furan rings is 1. The number of hydrogen-bond acceptors (Lipinski definition) is 8. The lowest BCUT2D eigenvalue weighted by Gasteiger charge is -2.17. The van der Waals surface area contributed by atoms with Gasteiger partial charge in [0, 0.05) is 18.9 Å². The van der Waals surface area contributed by atoms with Crippen LogP contribution in [0, 0.1) is 6.92 Å². The zero-order chi connectivity index (χ0) is 21.5. The van der Waals surface area contributed by atoms with Gasteiger partial charge in [0.1, 0.15) is 17.1 Å². The largest absolute Gasteiger partial charge is 0.461 e. The molecule has 0 fully saturated rings. The predicted octanol–water partition coefficient (Wildman–Crippen LogP) is 1.87. The Hall–Kier alpha value is -3.60. The molecule has 0 atom stereocenters. The zero-order valence-electron chi connectivity index (χ0n) is 16.5. The van der Waals surface area contributed by atoms with Crippen molar-refractivity contribution in [3.8, 4) is 5.75 Å². The first kappa shape index (κ1) is 19.7. The Balaban J connectivity index is 1.66. The van der Waals surface area contributed by atoms with Crippen molar-refractivity contribution in [3.63, 3.8) is 0 Å². The van der Waals surface area contributed by atoms with Crippen molar-refractivity contribution < 1.29 is 22.4 Å². The number of ether oxygens (including phenoxy) is 1. The summed E-state index contributed by atoms with van der Waals surface area (Å²) in [6, 6.07) is 5.00. The topological polar surface area (TPSA) is 128 Å². The van der Waals surface area contributed by atoms with Gasteiger partial charge in [0.25, 0.3) is 5.91 Å². The molecule has 3 aromatic rings. The van der Waals surface area contributed by atoms with Crippen molar-refractivity contribution in [1.82, 2.24) is 20.3 Å². The van der Waals surface area contributed by atoms with Crippen LogP contribution < -0.4 is 15.4 Å². The molecule has 2 N–H and O–H groups in total. The molecule has 0 saturated heterocycles. The van der Waals surface area contributed by atoms with Gasteiger partial charge in [-0.2, -0.15) is 9.90 Å². The standard InChI is InChI=1S/C19H19N5O5S/c1-11-6-14-15(28-11)7-12(19(25)22-17-10-21-24(2)23-17)8-16(14)29-18-5-4-13(9-20-18)30(3,26)27/h4-8,10,20H,9H2,1-3H3,(H,22,23,25). The highest BCUT2D eigenvalue weighted by molar-refractivity contribution is 7.94. The first-order valence-electron chi connectivity index (χ1n) is 8.93. The fourth-order valence-electron chi connectivity index (χ4n) is 2.94. The first-order chi connectivity index (χ1) is 14.2. The molecule has 0 aliphatic carbocycles. The normalized spacial score (nSPS) is 14.1. The maximum absolute atomic E-state index is 12.7. The van der Waals surface area contributed by atoms with E-state index in [4.69, 9.17) is 9.15 Å². The Kier molecular flexibility index (Phi) is 4.82. The van der Waals surface area contributed by atoms with Crippen LogP contribution in [0.15, 0.2) is 51.8 Å². The lowest BCUT2D eigenvalue weighted by molar-refractivity contribution is 0.102. The number of rotatable bonds is 5. The number of anilines is 1. The fraction of sp³-hybridized carbons (Fsp3) is 0.211. The van der Waals surface area contributed by atoms with E-state index in [2.05, 4.69) is 20.8 Å². The summed E-state index contributed by atoms with van der Waals surface area (Å²) in [5.74, 6) is 1.32. The third kappa shape index (κ3) is 4.06. The molecule has 0 bridgehead atoms. The van der Waals surface area contributed by atoms with Crippen molar-refractivity contribution >= 4 is 32.5 Å². The number of aryl methyl sites for hydroxylation is 2. The monoisotopic (exact) mass is 429 g/mol. The molecule has 30 heavy (non-hydrogen) atoms. The zero-order valence-corrected chi connectivity index (χ0v) is 17.3. The van der Waals surface area contributed by atoms with E-state index in [1.165, 1.54) is 23.1 Å². The maximum Gasteiger partial charge on any atom is 0.257 e. The Morgan fingerprint density at radius 2 is 2.10 bits per heavy atom. The lowest BCUT2D eigenvalue weighted by Crippen LogP contribution is -2.26. The molecule has 11 heteroatoms. The van der Waals surface area contributed by atoms with Crippen LogP contribution in [0.4, 0.5) is 5.82 Å². The Morgan fingerprint density at radius 3 is 2.73 bits per heavy atom. The van der Waals surface area contributed by atoms with Crippen molar-refractivity contribution in [1.29, 1.82) is 0 Å². The Morgan fingerprint density at radius 1 is 1.30 bits per heavy atom. The molecule has 0 spiro atoms. The number of allylic oxidation sites excluding steroid dienone is 2. The smallest absolute Gasteiger partial charge is 0.257 e. The number of amides is 1. The van der Waals surface area contributed by atoms with Gasteiger partial charge < -0.3 is 19.8 Å². The summed E-state index contributed by atoms with van der Waals surface area (Å²) >= 11 is 0. The Bertz CT molecular complexity index is 1320. The van der Waals surface area contributed by atoms with Gasteiger partial charge in [0.15, 0.2) is 21.5 Å². The molecule has 4 rings (SSSR count). The molecule has 156 valence electrons. The highest BCUT2D eigenvalue weighted by Gasteiger charge is 2.19. The number of sulfone groups is 1. The quantitative estimate of drug-likeness (QED) is 0.629. The summed E-state index contributed by atoms with van der Waals surface area (Å²) in [7, 11) is -1.64. The summed E-state index contributed by atoms with van der Waals surface area (Å²) < 4.78 is 34.9. The van der Waals surface area contributed by atoms with Gasteiger partial charge in [-0.1, -0.05) is 0 Å². The SMILES string of the molecule is Cc1cc2c(OC3=CC=C(S(C)(=O)=O)CN3)cc(C(=O)Nc3cnn(C)n3)cc2o1. The maximum atomic E-state index is 12.7. The third-order valence-electron chi connectivity index (χ3n) is 4.38. The van der Waals surface area contributed by atoms with E-state index < -0.39 is 15.7 Å². The highest BCUT2D eigenvalue weighted by Crippen LogP contribution is 2.32. The molecule has 2 aromatic heterocycles. The minimum atomic E-state index is -3.28. The number of aromatic nitrogens is 3. The Labute approximate surface area is 172 Å². The predicted molar refractivity (Wildman–Crippen MR) is 110 cm³/mol. The van der Waals surface area contributed by atoms with E-state index in [1.807, 2.05) is 0 Å². The van der Waals surface area contributed by atoms with Crippen LogP contribution in [0.2, 0.25) is 0 Å². The average molecular weight is 429 g/mol. The minimum absolute atomic E-state index is 0.116.